The molecular formula is C27H34N4O2. The molecule has 6 nitrogen and oxygen atoms in total. The molecule has 2 aromatic carbocycles. The molecule has 0 radical (unpaired) electrons. The fraction of sp³-hybridized carbons (Fsp3) is 0.444. The number of hydrogen-bond donors (Lipinski definition) is 1. The number of nitrogens with zero attached hydrogens (tertiary/aromatic N) is 3. The van der Waals surface area contributed by atoms with Gasteiger partial charge in [-0.1, -0.05) is 62.7 Å². The monoisotopic (exact) mass is 446 g/mol. The van der Waals surface area contributed by atoms with Crippen LogP contribution in [-0.2, 0) is 19.6 Å². The van der Waals surface area contributed by atoms with E-state index in [1.165, 1.54) is 36.1 Å². The highest BCUT2D eigenvalue weighted by molar-refractivity contribution is 6.04. The van der Waals surface area contributed by atoms with Crippen molar-refractivity contribution in [3.8, 4) is 0 Å². The van der Waals surface area contributed by atoms with Crippen LogP contribution >= 0.6 is 0 Å². The third-order valence-electron chi connectivity index (χ3n) is 6.42. The number of amides is 1. The van der Waals surface area contributed by atoms with Crippen molar-refractivity contribution in [2.45, 2.75) is 65.7 Å². The number of nitrogens with one attached hydrogen (secondary N) is 1. The number of carbonyl (C=O) groups is 1. The second-order valence-electron chi connectivity index (χ2n) is 9.59. The van der Waals surface area contributed by atoms with Crippen LogP contribution in [0.15, 0.2) is 53.3 Å². The van der Waals surface area contributed by atoms with Crippen molar-refractivity contribution in [2.24, 2.45) is 5.92 Å². The molecule has 1 aromatic heterocycles. The third kappa shape index (κ3) is 5.50. The predicted molar refractivity (Wildman–Crippen MR) is 132 cm³/mol. The Balaban J connectivity index is 1.46. The summed E-state index contributed by atoms with van der Waals surface area (Å²) < 4.78 is 1.41. The third-order valence-corrected chi connectivity index (χ3v) is 6.42. The summed E-state index contributed by atoms with van der Waals surface area (Å²) in [6, 6.07) is 16.3. The average Bonchev–Trinajstić information content (AvgIpc) is 2.81. The largest absolute Gasteiger partial charge is 0.347 e. The molecule has 1 saturated heterocycles. The normalized spacial score (nSPS) is 16.9. The first kappa shape index (κ1) is 23.2. The molecule has 174 valence electrons. The van der Waals surface area contributed by atoms with Crippen LogP contribution < -0.4 is 10.9 Å². The lowest BCUT2D eigenvalue weighted by Crippen LogP contribution is -2.36. The first-order chi connectivity index (χ1) is 15.9. The van der Waals surface area contributed by atoms with Gasteiger partial charge < -0.3 is 5.32 Å². The van der Waals surface area contributed by atoms with E-state index in [9.17, 15) is 9.59 Å². The van der Waals surface area contributed by atoms with Gasteiger partial charge in [-0.2, -0.15) is 5.10 Å². The standard InChI is InChI=1S/C27H34N4O2/c1-19(2)17-31-27(33)24-10-5-4-9-23(24)25(29-31)26(32)28-16-21-11-13-22(14-12-21)18-30-15-7-6-8-20(30)3/h4-5,9-14,19-20H,6-8,15-18H2,1-3H3,(H,28,32). The lowest BCUT2D eigenvalue weighted by atomic mass is 10.0. The lowest BCUT2D eigenvalue weighted by Gasteiger charge is -2.33. The van der Waals surface area contributed by atoms with Crippen molar-refractivity contribution in [3.05, 3.63) is 75.7 Å². The second-order valence-corrected chi connectivity index (χ2v) is 9.59. The van der Waals surface area contributed by atoms with Crippen molar-refractivity contribution in [1.29, 1.82) is 0 Å². The molecule has 4 rings (SSSR count). The van der Waals surface area contributed by atoms with Crippen LogP contribution in [0.25, 0.3) is 10.8 Å². The van der Waals surface area contributed by atoms with Gasteiger partial charge in [0.2, 0.25) is 0 Å². The lowest BCUT2D eigenvalue weighted by molar-refractivity contribution is 0.0945. The van der Waals surface area contributed by atoms with Crippen LogP contribution in [0.3, 0.4) is 0 Å². The summed E-state index contributed by atoms with van der Waals surface area (Å²) in [4.78, 5) is 28.4. The van der Waals surface area contributed by atoms with E-state index in [0.29, 0.717) is 35.6 Å². The summed E-state index contributed by atoms with van der Waals surface area (Å²) in [6.07, 6.45) is 3.88. The molecule has 1 amide bonds. The maximum absolute atomic E-state index is 13.1. The SMILES string of the molecule is CC(C)Cn1nc(C(=O)NCc2ccc(CN3CCCCC3C)cc2)c2ccccc2c1=O. The van der Waals surface area contributed by atoms with E-state index in [0.717, 1.165) is 12.1 Å². The van der Waals surface area contributed by atoms with Gasteiger partial charge in [-0.15, -0.1) is 0 Å². The Morgan fingerprint density at radius 2 is 1.76 bits per heavy atom. The van der Waals surface area contributed by atoms with Crippen molar-refractivity contribution in [1.82, 2.24) is 20.0 Å². The minimum absolute atomic E-state index is 0.158. The van der Waals surface area contributed by atoms with Gasteiger partial charge in [-0.25, -0.2) is 4.68 Å². The van der Waals surface area contributed by atoms with E-state index in [4.69, 9.17) is 0 Å². The van der Waals surface area contributed by atoms with Gasteiger partial charge in [0.1, 0.15) is 0 Å². The molecule has 1 atom stereocenters. The smallest absolute Gasteiger partial charge is 0.274 e. The highest BCUT2D eigenvalue weighted by Crippen LogP contribution is 2.19. The number of benzene rings is 2. The van der Waals surface area contributed by atoms with Gasteiger partial charge in [0.15, 0.2) is 5.69 Å². The number of hydrogen-bond acceptors (Lipinski definition) is 4. The number of piperidine rings is 1. The van der Waals surface area contributed by atoms with Crippen LogP contribution in [0.1, 0.15) is 61.6 Å². The number of carbonyl (C=O) groups excluding carboxylic acids is 1. The second kappa shape index (κ2) is 10.3. The van der Waals surface area contributed by atoms with Gasteiger partial charge in [-0.3, -0.25) is 14.5 Å². The summed E-state index contributed by atoms with van der Waals surface area (Å²) in [6.45, 7) is 9.39. The molecule has 33 heavy (non-hydrogen) atoms. The van der Waals surface area contributed by atoms with Crippen molar-refractivity contribution >= 4 is 16.7 Å². The van der Waals surface area contributed by atoms with Gasteiger partial charge in [0.25, 0.3) is 11.5 Å². The first-order valence-corrected chi connectivity index (χ1v) is 12.0. The Kier molecular flexibility index (Phi) is 7.23. The topological polar surface area (TPSA) is 67.2 Å². The average molecular weight is 447 g/mol. The minimum Gasteiger partial charge on any atom is -0.347 e. The molecule has 1 N–H and O–H groups in total. The molecule has 3 aromatic rings. The zero-order valence-electron chi connectivity index (χ0n) is 19.9. The van der Waals surface area contributed by atoms with E-state index < -0.39 is 0 Å². The number of aromatic nitrogens is 2. The van der Waals surface area contributed by atoms with Crippen molar-refractivity contribution < 1.29 is 4.79 Å². The summed E-state index contributed by atoms with van der Waals surface area (Å²) in [5.41, 5.74) is 2.47. The molecule has 0 bridgehead atoms. The summed E-state index contributed by atoms with van der Waals surface area (Å²) in [5.74, 6) is -0.0198. The molecule has 6 heteroatoms. The van der Waals surface area contributed by atoms with E-state index in [2.05, 4.69) is 46.5 Å². The first-order valence-electron chi connectivity index (χ1n) is 12.0. The molecule has 0 aliphatic carbocycles. The zero-order chi connectivity index (χ0) is 23.4. The highest BCUT2D eigenvalue weighted by Gasteiger charge is 2.19. The van der Waals surface area contributed by atoms with Crippen LogP contribution in [-0.4, -0.2) is 33.2 Å². The highest BCUT2D eigenvalue weighted by atomic mass is 16.2. The molecule has 1 unspecified atom stereocenters. The van der Waals surface area contributed by atoms with Gasteiger partial charge in [0, 0.05) is 31.1 Å². The number of fused-ring (bicyclic) bond motifs is 1. The Labute approximate surface area is 195 Å². The van der Waals surface area contributed by atoms with Gasteiger partial charge >= 0.3 is 0 Å². The summed E-state index contributed by atoms with van der Waals surface area (Å²) in [7, 11) is 0. The van der Waals surface area contributed by atoms with Gasteiger partial charge in [-0.05, 0) is 49.4 Å². The van der Waals surface area contributed by atoms with Crippen LogP contribution in [0.2, 0.25) is 0 Å². The predicted octanol–water partition coefficient (Wildman–Crippen LogP) is 4.36. The molecule has 2 heterocycles. The molecule has 0 spiro atoms. The maximum atomic E-state index is 13.1. The van der Waals surface area contributed by atoms with Crippen molar-refractivity contribution in [2.75, 3.05) is 6.54 Å². The minimum atomic E-state index is -0.269. The van der Waals surface area contributed by atoms with E-state index in [-0.39, 0.29) is 17.4 Å². The number of likely N-dealkylation sites (tertiary alicyclic amines) is 1. The Bertz CT molecular complexity index is 1170. The van der Waals surface area contributed by atoms with Crippen LogP contribution in [0, 0.1) is 5.92 Å². The van der Waals surface area contributed by atoms with Crippen molar-refractivity contribution in [3.63, 3.8) is 0 Å². The maximum Gasteiger partial charge on any atom is 0.274 e. The Hall–Kier alpha value is -2.99. The van der Waals surface area contributed by atoms with E-state index in [1.807, 2.05) is 26.0 Å². The van der Waals surface area contributed by atoms with Gasteiger partial charge in [0.05, 0.1) is 5.39 Å². The fourth-order valence-corrected chi connectivity index (χ4v) is 4.53. The summed E-state index contributed by atoms with van der Waals surface area (Å²) >= 11 is 0. The molecule has 1 aliphatic rings. The van der Waals surface area contributed by atoms with Crippen LogP contribution in [0.5, 0.6) is 0 Å². The molecule has 0 saturated carbocycles. The zero-order valence-corrected chi connectivity index (χ0v) is 19.9. The Morgan fingerprint density at radius 1 is 1.06 bits per heavy atom. The van der Waals surface area contributed by atoms with E-state index in [1.54, 1.807) is 12.1 Å². The quantitative estimate of drug-likeness (QED) is 0.586. The fourth-order valence-electron chi connectivity index (χ4n) is 4.53. The number of rotatable bonds is 7. The summed E-state index contributed by atoms with van der Waals surface area (Å²) in [5, 5.41) is 8.53. The van der Waals surface area contributed by atoms with E-state index >= 15 is 0 Å². The molecular weight excluding hydrogens is 412 g/mol. The van der Waals surface area contributed by atoms with Crippen LogP contribution in [0.4, 0.5) is 0 Å². The molecule has 1 fully saturated rings. The molecule has 1 aliphatic heterocycles. The Morgan fingerprint density at radius 3 is 2.45 bits per heavy atom.